The van der Waals surface area contributed by atoms with Gasteiger partial charge in [0.15, 0.2) is 5.78 Å². The Balaban J connectivity index is 1.80. The number of carbonyl (C=O) groups is 6. The second-order valence-electron chi connectivity index (χ2n) is 18.1. The molecular formula is C49H75N5O9. The second kappa shape index (κ2) is 24.4. The number of Topliss-reactive ketones (excluding diaryl/α,β-unsaturated/α-hetero) is 1. The van der Waals surface area contributed by atoms with Gasteiger partial charge < -0.3 is 34.6 Å². The average Bonchev–Trinajstić information content (AvgIpc) is 3.73. The molecule has 0 aromatic heterocycles. The van der Waals surface area contributed by atoms with E-state index in [0.29, 0.717) is 36.9 Å². The van der Waals surface area contributed by atoms with Gasteiger partial charge in [-0.15, -0.1) is 0 Å². The van der Waals surface area contributed by atoms with Crippen LogP contribution in [0.5, 0.6) is 0 Å². The number of esters is 1. The largest absolute Gasteiger partial charge is 0.452 e. The SMILES string of the molecule is CC[C@H](C)[C@@H]([C@@H](CC(=O)N1CCC[C@H]1[C@H](OC)[C@@H](C)C(=O)N[C@H](C)C(OC(=O)c1ccc(C(C)=O)cc1)c1ccccc1)OC)N(C)C(=O)[C@@H](NC(=O)[C@H](C(C)C)N(C)C)C(C)C. The molecule has 10 atom stereocenters. The first-order valence-corrected chi connectivity index (χ1v) is 22.5. The number of nitrogens with zero attached hydrogens (tertiary/aromatic N) is 3. The first kappa shape index (κ1) is 52.7. The van der Waals surface area contributed by atoms with Gasteiger partial charge in [0.2, 0.25) is 23.6 Å². The Morgan fingerprint density at radius 1 is 0.794 bits per heavy atom. The molecule has 4 amide bonds. The number of carbonyl (C=O) groups excluding carboxylic acids is 6. The smallest absolute Gasteiger partial charge is 0.338 e. The minimum absolute atomic E-state index is 0.00989. The lowest BCUT2D eigenvalue weighted by Crippen LogP contribution is -2.59. The number of likely N-dealkylation sites (tertiary alicyclic amines) is 1. The number of benzene rings is 2. The Morgan fingerprint density at radius 2 is 1.40 bits per heavy atom. The lowest BCUT2D eigenvalue weighted by Gasteiger charge is -2.41. The maximum Gasteiger partial charge on any atom is 0.338 e. The zero-order valence-corrected chi connectivity index (χ0v) is 40.2. The molecule has 1 heterocycles. The third-order valence-corrected chi connectivity index (χ3v) is 12.7. The van der Waals surface area contributed by atoms with Crippen molar-refractivity contribution in [3.05, 3.63) is 71.3 Å². The minimum atomic E-state index is -0.843. The van der Waals surface area contributed by atoms with Gasteiger partial charge in [-0.1, -0.05) is 97.4 Å². The normalized spacial score (nSPS) is 18.4. The molecule has 3 rings (SSSR count). The van der Waals surface area contributed by atoms with Crippen LogP contribution in [0, 0.1) is 23.7 Å². The summed E-state index contributed by atoms with van der Waals surface area (Å²) in [6, 6.07) is 12.6. The van der Waals surface area contributed by atoms with Gasteiger partial charge in [0.1, 0.15) is 12.1 Å². The number of hydrogen-bond acceptors (Lipinski definition) is 10. The standard InChI is InChI=1S/C49H75N5O9/c1-15-31(6)43(53(12)48(59)41(29(2)3)51-47(58)42(30(4)5)52(10)11)39(61-13)28-40(56)54-27-19-22-38(54)44(62-14)32(7)46(57)50-33(8)45(36-20-17-16-18-21-36)63-49(60)37-25-23-35(24-26-37)34(9)55/h16-18,20-21,23-26,29-33,38-39,41-45H,15,19,22,27-28H2,1-14H3,(H,50,57)(H,51,58)/t31-,32+,33+,38-,39+,41-,42-,43-,44+,45?/m0/s1. The first-order valence-electron chi connectivity index (χ1n) is 22.5. The van der Waals surface area contributed by atoms with E-state index in [0.717, 1.165) is 0 Å². The molecule has 14 heteroatoms. The van der Waals surface area contributed by atoms with Crippen molar-refractivity contribution in [2.75, 3.05) is 41.9 Å². The summed E-state index contributed by atoms with van der Waals surface area (Å²) in [7, 11) is 8.51. The molecule has 350 valence electrons. The summed E-state index contributed by atoms with van der Waals surface area (Å²) in [6.07, 6.45) is -0.131. The van der Waals surface area contributed by atoms with Crippen molar-refractivity contribution in [3.8, 4) is 0 Å². The van der Waals surface area contributed by atoms with Crippen molar-refractivity contribution >= 4 is 35.4 Å². The van der Waals surface area contributed by atoms with E-state index in [1.54, 1.807) is 62.1 Å². The quantitative estimate of drug-likeness (QED) is 0.101. The van der Waals surface area contributed by atoms with E-state index in [4.69, 9.17) is 14.2 Å². The first-order chi connectivity index (χ1) is 29.7. The number of amides is 4. The van der Waals surface area contributed by atoms with Crippen molar-refractivity contribution in [1.82, 2.24) is 25.3 Å². The van der Waals surface area contributed by atoms with E-state index in [1.165, 1.54) is 14.0 Å². The van der Waals surface area contributed by atoms with Crippen LogP contribution in [-0.2, 0) is 33.4 Å². The monoisotopic (exact) mass is 878 g/mol. The molecule has 63 heavy (non-hydrogen) atoms. The van der Waals surface area contributed by atoms with Gasteiger partial charge >= 0.3 is 5.97 Å². The molecule has 0 bridgehead atoms. The predicted molar refractivity (Wildman–Crippen MR) is 244 cm³/mol. The maximum absolute atomic E-state index is 14.4. The fraction of sp³-hybridized carbons (Fsp3) is 0.633. The number of rotatable bonds is 23. The molecule has 1 fully saturated rings. The molecule has 1 aliphatic heterocycles. The number of hydrogen-bond donors (Lipinski definition) is 2. The van der Waals surface area contributed by atoms with Crippen LogP contribution in [0.1, 0.15) is 120 Å². The molecular weight excluding hydrogens is 803 g/mol. The van der Waals surface area contributed by atoms with Crippen LogP contribution in [0.4, 0.5) is 0 Å². The van der Waals surface area contributed by atoms with Crippen LogP contribution in [0.3, 0.4) is 0 Å². The Hall–Kier alpha value is -4.66. The van der Waals surface area contributed by atoms with Crippen LogP contribution >= 0.6 is 0 Å². The number of likely N-dealkylation sites (N-methyl/N-ethyl adjacent to an activating group) is 2. The van der Waals surface area contributed by atoms with Crippen LogP contribution in [-0.4, -0.2) is 134 Å². The summed E-state index contributed by atoms with van der Waals surface area (Å²) in [6.45, 7) is 17.3. The van der Waals surface area contributed by atoms with Gasteiger partial charge in [-0.25, -0.2) is 4.79 Å². The van der Waals surface area contributed by atoms with Crippen molar-refractivity contribution in [1.29, 1.82) is 0 Å². The summed E-state index contributed by atoms with van der Waals surface area (Å²) in [4.78, 5) is 86.7. The molecule has 0 aliphatic carbocycles. The fourth-order valence-corrected chi connectivity index (χ4v) is 8.97. The molecule has 1 aliphatic rings. The highest BCUT2D eigenvalue weighted by molar-refractivity contribution is 5.96. The van der Waals surface area contributed by atoms with Crippen LogP contribution < -0.4 is 10.6 Å². The highest BCUT2D eigenvalue weighted by atomic mass is 16.5. The van der Waals surface area contributed by atoms with E-state index >= 15 is 0 Å². The van der Waals surface area contributed by atoms with Gasteiger partial charge in [-0.05, 0) is 76.2 Å². The van der Waals surface area contributed by atoms with Gasteiger partial charge in [-0.3, -0.25) is 28.9 Å². The topological polar surface area (TPSA) is 164 Å². The molecule has 0 spiro atoms. The Bertz CT molecular complexity index is 1810. The third-order valence-electron chi connectivity index (χ3n) is 12.7. The van der Waals surface area contributed by atoms with Crippen LogP contribution in [0.25, 0.3) is 0 Å². The Morgan fingerprint density at radius 3 is 1.90 bits per heavy atom. The van der Waals surface area contributed by atoms with Crippen LogP contribution in [0.15, 0.2) is 54.6 Å². The van der Waals surface area contributed by atoms with Gasteiger partial charge in [0.25, 0.3) is 0 Å². The van der Waals surface area contributed by atoms with E-state index in [-0.39, 0.29) is 59.1 Å². The maximum atomic E-state index is 14.4. The van der Waals surface area contributed by atoms with Crippen molar-refractivity contribution in [3.63, 3.8) is 0 Å². The summed E-state index contributed by atoms with van der Waals surface area (Å²) in [5, 5.41) is 6.09. The van der Waals surface area contributed by atoms with Gasteiger partial charge in [-0.2, -0.15) is 0 Å². The lowest BCUT2D eigenvalue weighted by atomic mass is 9.89. The molecule has 2 N–H and O–H groups in total. The number of ketones is 1. The summed E-state index contributed by atoms with van der Waals surface area (Å²) >= 11 is 0. The van der Waals surface area contributed by atoms with E-state index < -0.39 is 60.4 Å². The number of ether oxygens (including phenoxy) is 3. The third kappa shape index (κ3) is 13.7. The van der Waals surface area contributed by atoms with Crippen molar-refractivity contribution in [2.45, 2.75) is 137 Å². The molecule has 0 saturated carbocycles. The molecule has 1 saturated heterocycles. The Labute approximate surface area is 376 Å². The second-order valence-corrected chi connectivity index (χ2v) is 18.1. The molecule has 0 radical (unpaired) electrons. The number of methoxy groups -OCH3 is 2. The average molecular weight is 878 g/mol. The van der Waals surface area contributed by atoms with Crippen molar-refractivity contribution in [2.24, 2.45) is 23.7 Å². The highest BCUT2D eigenvalue weighted by Crippen LogP contribution is 2.31. The number of nitrogens with one attached hydrogen (secondary N) is 2. The van der Waals surface area contributed by atoms with Crippen LogP contribution in [0.2, 0.25) is 0 Å². The minimum Gasteiger partial charge on any atom is -0.452 e. The summed E-state index contributed by atoms with van der Waals surface area (Å²) in [5.41, 5.74) is 1.43. The molecule has 14 nitrogen and oxygen atoms in total. The van der Waals surface area contributed by atoms with E-state index in [1.807, 2.05) is 90.9 Å². The van der Waals surface area contributed by atoms with E-state index in [9.17, 15) is 28.8 Å². The molecule has 2 aromatic carbocycles. The van der Waals surface area contributed by atoms with Crippen molar-refractivity contribution < 1.29 is 43.0 Å². The van der Waals surface area contributed by atoms with Gasteiger partial charge in [0, 0.05) is 33.4 Å². The fourth-order valence-electron chi connectivity index (χ4n) is 8.97. The zero-order valence-electron chi connectivity index (χ0n) is 40.2. The molecule has 1 unspecified atom stereocenters. The van der Waals surface area contributed by atoms with E-state index in [2.05, 4.69) is 10.6 Å². The predicted octanol–water partition coefficient (Wildman–Crippen LogP) is 5.94. The van der Waals surface area contributed by atoms with Gasteiger partial charge in [0.05, 0.1) is 54.3 Å². The Kier molecular flexibility index (Phi) is 20.4. The lowest BCUT2D eigenvalue weighted by molar-refractivity contribution is -0.148. The summed E-state index contributed by atoms with van der Waals surface area (Å²) < 4.78 is 18.1. The summed E-state index contributed by atoms with van der Waals surface area (Å²) in [5.74, 6) is -2.62. The molecule has 2 aromatic rings. The highest BCUT2D eigenvalue weighted by Gasteiger charge is 2.43. The zero-order chi connectivity index (χ0) is 47.3.